The van der Waals surface area contributed by atoms with E-state index in [-0.39, 0.29) is 121 Å². The zero-order chi connectivity index (χ0) is 42.8. The molecule has 3 unspecified atom stereocenters. The van der Waals surface area contributed by atoms with Crippen molar-refractivity contribution in [2.45, 2.75) is 69.9 Å². The topological polar surface area (TPSA) is 355 Å². The number of ketones is 1. The molecule has 0 radical (unpaired) electrons. The fourth-order valence-corrected chi connectivity index (χ4v) is 4.56. The highest BCUT2D eigenvalue weighted by atomic mass is 16.6. The summed E-state index contributed by atoms with van der Waals surface area (Å²) in [7, 11) is 2.85. The van der Waals surface area contributed by atoms with Crippen LogP contribution in [0.15, 0.2) is 22.6 Å². The number of alkyl carbamates (subject to hydrolysis) is 1. The molecule has 0 aliphatic carbocycles. The quantitative estimate of drug-likeness (QED) is 0.00948. The smallest absolute Gasteiger partial charge is 0.407 e. The first-order valence-corrected chi connectivity index (χ1v) is 18.4. The molecule has 0 aliphatic rings. The van der Waals surface area contributed by atoms with Crippen molar-refractivity contribution in [3.05, 3.63) is 12.7 Å². The fourth-order valence-electron chi connectivity index (χ4n) is 4.56. The number of urea groups is 2. The standard InChI is InChI=1S/C34H61N11O12/c1-4-17-53-21-25(22-56-27(47)12-8-15-43-32(50)39-2)57-34(52)44-16-6-10-24(46)20-23(9-5-13-41-30(35)36)28(48)54-18-19-55-29(49)26(45-33(51)40-3)11-7-14-42-31(37)38/h4,23,25-26H,1,5-22H2,2-3H3,(H,44,52)(H4,35,36,41)(H4,37,38,42)(H2,39,43,50)(H2,40,45,51). The van der Waals surface area contributed by atoms with E-state index in [0.717, 1.165) is 0 Å². The summed E-state index contributed by atoms with van der Waals surface area (Å²) in [5, 5.41) is 12.3. The largest absolute Gasteiger partial charge is 0.462 e. The van der Waals surface area contributed by atoms with Crippen LogP contribution < -0.4 is 49.5 Å². The van der Waals surface area contributed by atoms with Gasteiger partial charge in [-0.25, -0.2) is 19.2 Å². The average molecular weight is 816 g/mol. The third kappa shape index (κ3) is 29.1. The Labute approximate surface area is 332 Å². The molecule has 0 saturated heterocycles. The molecule has 23 heteroatoms. The number of guanidine groups is 2. The Morgan fingerprint density at radius 2 is 1.32 bits per heavy atom. The van der Waals surface area contributed by atoms with Gasteiger partial charge in [0, 0.05) is 59.5 Å². The second-order valence-corrected chi connectivity index (χ2v) is 12.1. The van der Waals surface area contributed by atoms with Gasteiger partial charge >= 0.3 is 36.1 Å². The normalized spacial score (nSPS) is 11.9. The lowest BCUT2D eigenvalue weighted by Gasteiger charge is -2.18. The molecule has 23 nitrogen and oxygen atoms in total. The number of Topliss-reactive ketones (excluding diaryl/α,β-unsaturated/α-hetero) is 1. The first-order chi connectivity index (χ1) is 27.2. The van der Waals surface area contributed by atoms with Crippen LogP contribution in [0, 0.1) is 5.92 Å². The van der Waals surface area contributed by atoms with E-state index < -0.39 is 48.1 Å². The van der Waals surface area contributed by atoms with Crippen molar-refractivity contribution < 1.29 is 57.2 Å². The number of hydrogen-bond acceptors (Lipinski definition) is 14. The molecule has 5 amide bonds. The van der Waals surface area contributed by atoms with E-state index in [9.17, 15) is 33.6 Å². The molecule has 0 fully saturated rings. The number of carbonyl (C=O) groups is 7. The SMILES string of the molecule is C=CCOCC(COC(=O)CCCNC(=O)NC)OC(=O)NCCCC(=O)CC(CCCN=C(N)N)C(=O)OCCOC(=O)C(CCCN=C(N)N)NC(=O)NC. The summed E-state index contributed by atoms with van der Waals surface area (Å²) < 4.78 is 26.4. The Bertz CT molecular complexity index is 1320. The van der Waals surface area contributed by atoms with Crippen LogP contribution in [0.4, 0.5) is 14.4 Å². The van der Waals surface area contributed by atoms with Gasteiger partial charge in [0.1, 0.15) is 31.6 Å². The minimum absolute atomic E-state index is 0.0107. The Morgan fingerprint density at radius 1 is 0.719 bits per heavy atom. The van der Waals surface area contributed by atoms with Crippen LogP contribution in [0.5, 0.6) is 0 Å². The van der Waals surface area contributed by atoms with Crippen molar-refractivity contribution in [3.63, 3.8) is 0 Å². The molecule has 0 spiro atoms. The molecule has 324 valence electrons. The van der Waals surface area contributed by atoms with Gasteiger partial charge in [-0.2, -0.15) is 0 Å². The average Bonchev–Trinajstić information content (AvgIpc) is 3.17. The molecule has 0 aliphatic heterocycles. The molecule has 0 bridgehead atoms. The highest BCUT2D eigenvalue weighted by Gasteiger charge is 2.25. The molecule has 0 saturated carbocycles. The second-order valence-electron chi connectivity index (χ2n) is 12.1. The Hall–Kier alpha value is -5.87. The van der Waals surface area contributed by atoms with Crippen molar-refractivity contribution >= 4 is 53.8 Å². The lowest BCUT2D eigenvalue weighted by Crippen LogP contribution is -2.46. The first kappa shape index (κ1) is 51.1. The monoisotopic (exact) mass is 815 g/mol. The third-order valence-corrected chi connectivity index (χ3v) is 7.36. The first-order valence-electron chi connectivity index (χ1n) is 18.4. The number of rotatable bonds is 31. The van der Waals surface area contributed by atoms with E-state index in [1.807, 2.05) is 0 Å². The number of nitrogens with two attached hydrogens (primary N) is 4. The summed E-state index contributed by atoms with van der Waals surface area (Å²) in [6, 6.07) is -2.00. The van der Waals surface area contributed by atoms with E-state index in [0.29, 0.717) is 19.3 Å². The van der Waals surface area contributed by atoms with Gasteiger partial charge in [0.15, 0.2) is 18.0 Å². The van der Waals surface area contributed by atoms with Crippen LogP contribution in [0.2, 0.25) is 0 Å². The minimum atomic E-state index is -1.02. The maximum absolute atomic E-state index is 13.0. The highest BCUT2D eigenvalue weighted by molar-refractivity contribution is 5.85. The van der Waals surface area contributed by atoms with E-state index in [1.165, 1.54) is 20.2 Å². The molecule has 0 aromatic heterocycles. The van der Waals surface area contributed by atoms with Crippen molar-refractivity contribution in [1.29, 1.82) is 0 Å². The van der Waals surface area contributed by atoms with Crippen LogP contribution in [0.1, 0.15) is 57.8 Å². The van der Waals surface area contributed by atoms with Gasteiger partial charge in [-0.15, -0.1) is 6.58 Å². The summed E-state index contributed by atoms with van der Waals surface area (Å²) in [6.07, 6.45) is 1.27. The van der Waals surface area contributed by atoms with E-state index in [2.05, 4.69) is 43.1 Å². The van der Waals surface area contributed by atoms with Crippen molar-refractivity contribution in [2.75, 3.05) is 73.3 Å². The minimum Gasteiger partial charge on any atom is -0.462 e. The van der Waals surface area contributed by atoms with Crippen LogP contribution >= 0.6 is 0 Å². The molecule has 3 atom stereocenters. The zero-order valence-electron chi connectivity index (χ0n) is 32.8. The maximum atomic E-state index is 13.0. The Kier molecular flexibility index (Phi) is 29.0. The summed E-state index contributed by atoms with van der Waals surface area (Å²) >= 11 is 0. The van der Waals surface area contributed by atoms with E-state index in [1.54, 1.807) is 0 Å². The predicted molar refractivity (Wildman–Crippen MR) is 207 cm³/mol. The van der Waals surface area contributed by atoms with Gasteiger partial charge < -0.3 is 73.2 Å². The van der Waals surface area contributed by atoms with Crippen molar-refractivity contribution in [2.24, 2.45) is 38.8 Å². The molecule has 0 aromatic carbocycles. The molecule has 57 heavy (non-hydrogen) atoms. The summed E-state index contributed by atoms with van der Waals surface area (Å²) in [6.45, 7) is 3.49. The molecule has 0 aromatic rings. The number of nitrogens with one attached hydrogen (secondary N) is 5. The number of amides is 5. The second kappa shape index (κ2) is 32.4. The Morgan fingerprint density at radius 3 is 1.93 bits per heavy atom. The number of ether oxygens (including phenoxy) is 5. The molecular weight excluding hydrogens is 754 g/mol. The van der Waals surface area contributed by atoms with Gasteiger partial charge in [-0.1, -0.05) is 6.08 Å². The fraction of sp³-hybridized carbons (Fsp3) is 0.676. The number of aliphatic imine (C=N–C) groups is 2. The molecule has 0 heterocycles. The van der Waals surface area contributed by atoms with Gasteiger partial charge in [-0.3, -0.25) is 24.4 Å². The van der Waals surface area contributed by atoms with Crippen LogP contribution in [-0.2, 0) is 42.9 Å². The zero-order valence-corrected chi connectivity index (χ0v) is 32.8. The van der Waals surface area contributed by atoms with Crippen LogP contribution in [0.3, 0.4) is 0 Å². The number of carbonyl (C=O) groups excluding carboxylic acids is 7. The maximum Gasteiger partial charge on any atom is 0.407 e. The van der Waals surface area contributed by atoms with Crippen molar-refractivity contribution in [3.8, 4) is 0 Å². The molecule has 0 rings (SSSR count). The van der Waals surface area contributed by atoms with Crippen LogP contribution in [-0.4, -0.2) is 139 Å². The summed E-state index contributed by atoms with van der Waals surface area (Å²) in [5.41, 5.74) is 21.4. The number of nitrogens with zero attached hydrogens (tertiary/aromatic N) is 2. The lowest BCUT2D eigenvalue weighted by atomic mass is 9.95. The van der Waals surface area contributed by atoms with Gasteiger partial charge in [0.2, 0.25) is 0 Å². The number of esters is 3. The summed E-state index contributed by atoms with van der Waals surface area (Å²) in [5.74, 6) is -3.39. The highest BCUT2D eigenvalue weighted by Crippen LogP contribution is 2.16. The van der Waals surface area contributed by atoms with Gasteiger partial charge in [0.05, 0.1) is 19.1 Å². The van der Waals surface area contributed by atoms with Gasteiger partial charge in [0.25, 0.3) is 0 Å². The van der Waals surface area contributed by atoms with E-state index in [4.69, 9.17) is 46.6 Å². The van der Waals surface area contributed by atoms with Crippen LogP contribution in [0.25, 0.3) is 0 Å². The van der Waals surface area contributed by atoms with E-state index >= 15 is 0 Å². The number of hydrogen-bond donors (Lipinski definition) is 9. The lowest BCUT2D eigenvalue weighted by molar-refractivity contribution is -0.157. The molecule has 13 N–H and O–H groups in total. The van der Waals surface area contributed by atoms with Crippen molar-refractivity contribution in [1.82, 2.24) is 26.6 Å². The predicted octanol–water partition coefficient (Wildman–Crippen LogP) is -1.62. The summed E-state index contributed by atoms with van der Waals surface area (Å²) in [4.78, 5) is 93.8. The third-order valence-electron chi connectivity index (χ3n) is 7.36. The Balaban J connectivity index is 4.98. The molecular formula is C34H61N11O12. The van der Waals surface area contributed by atoms with Gasteiger partial charge in [-0.05, 0) is 38.5 Å².